The molecule has 1 atom stereocenters. The second-order valence-electron chi connectivity index (χ2n) is 4.05. The van der Waals surface area contributed by atoms with Crippen molar-refractivity contribution < 1.29 is 0 Å². The lowest BCUT2D eigenvalue weighted by Gasteiger charge is -2.27. The molecular formula is C10H19N3. The normalized spacial score (nSPS) is 30.8. The van der Waals surface area contributed by atoms with Crippen LogP contribution in [0.1, 0.15) is 32.6 Å². The van der Waals surface area contributed by atoms with Gasteiger partial charge in [0.1, 0.15) is 0 Å². The minimum atomic E-state index is 0.121. The average Bonchev–Trinajstić information content (AvgIpc) is 2.16. The number of hydrogen-bond acceptors (Lipinski definition) is 3. The minimum absolute atomic E-state index is 0.121. The summed E-state index contributed by atoms with van der Waals surface area (Å²) in [6, 6.07) is 3.23. The predicted octanol–water partition coefficient (Wildman–Crippen LogP) is 1.01. The molecule has 0 bridgehead atoms. The van der Waals surface area contributed by atoms with Crippen LogP contribution < -0.4 is 11.1 Å². The van der Waals surface area contributed by atoms with E-state index in [-0.39, 0.29) is 5.92 Å². The second-order valence-corrected chi connectivity index (χ2v) is 4.05. The first-order chi connectivity index (χ1) is 6.22. The van der Waals surface area contributed by atoms with E-state index in [0.717, 1.165) is 19.4 Å². The van der Waals surface area contributed by atoms with E-state index in [1.807, 2.05) is 6.92 Å². The van der Waals surface area contributed by atoms with E-state index in [0.29, 0.717) is 12.1 Å². The maximum atomic E-state index is 8.60. The number of rotatable bonds is 3. The van der Waals surface area contributed by atoms with E-state index in [9.17, 15) is 0 Å². The summed E-state index contributed by atoms with van der Waals surface area (Å²) in [5.41, 5.74) is 5.80. The van der Waals surface area contributed by atoms with Gasteiger partial charge >= 0.3 is 0 Å². The number of nitrogens with zero attached hydrogens (tertiary/aromatic N) is 1. The third-order valence-corrected chi connectivity index (χ3v) is 2.70. The maximum Gasteiger partial charge on any atom is 0.0666 e. The summed E-state index contributed by atoms with van der Waals surface area (Å²) >= 11 is 0. The van der Waals surface area contributed by atoms with Gasteiger partial charge in [-0.05, 0) is 32.6 Å². The Bertz CT molecular complexity index is 177. The fourth-order valence-corrected chi connectivity index (χ4v) is 1.71. The first-order valence-corrected chi connectivity index (χ1v) is 5.11. The summed E-state index contributed by atoms with van der Waals surface area (Å²) in [6.45, 7) is 2.76. The lowest BCUT2D eigenvalue weighted by atomic mass is 9.91. The molecule has 3 heteroatoms. The molecule has 0 aromatic rings. The number of nitrogens with one attached hydrogen (secondary N) is 1. The van der Waals surface area contributed by atoms with Gasteiger partial charge in [0.25, 0.3) is 0 Å². The molecule has 1 aliphatic carbocycles. The highest BCUT2D eigenvalue weighted by atomic mass is 14.9. The molecule has 3 N–H and O–H groups in total. The highest BCUT2D eigenvalue weighted by Crippen LogP contribution is 2.16. The van der Waals surface area contributed by atoms with Gasteiger partial charge in [0, 0.05) is 18.6 Å². The van der Waals surface area contributed by atoms with Gasteiger partial charge < -0.3 is 11.1 Å². The van der Waals surface area contributed by atoms with E-state index < -0.39 is 0 Å². The van der Waals surface area contributed by atoms with Crippen LogP contribution in [0.15, 0.2) is 0 Å². The van der Waals surface area contributed by atoms with Gasteiger partial charge in [-0.2, -0.15) is 5.26 Å². The molecule has 1 unspecified atom stereocenters. The van der Waals surface area contributed by atoms with Gasteiger partial charge in [0.2, 0.25) is 0 Å². The van der Waals surface area contributed by atoms with E-state index >= 15 is 0 Å². The van der Waals surface area contributed by atoms with Gasteiger partial charge in [-0.15, -0.1) is 0 Å². The monoisotopic (exact) mass is 181 g/mol. The first kappa shape index (κ1) is 10.5. The molecule has 1 aliphatic rings. The molecule has 0 aliphatic heterocycles. The van der Waals surface area contributed by atoms with Crippen LogP contribution in [-0.4, -0.2) is 18.6 Å². The van der Waals surface area contributed by atoms with Crippen LogP contribution in [0.5, 0.6) is 0 Å². The Hall–Kier alpha value is -0.590. The maximum absolute atomic E-state index is 8.60. The molecule has 1 rings (SSSR count). The molecule has 0 heterocycles. The van der Waals surface area contributed by atoms with Crippen molar-refractivity contribution >= 4 is 0 Å². The molecule has 0 aromatic carbocycles. The number of nitriles is 1. The SMILES string of the molecule is CC(C#N)CNC1CCC(N)CC1. The van der Waals surface area contributed by atoms with Crippen LogP contribution >= 0.6 is 0 Å². The summed E-state index contributed by atoms with van der Waals surface area (Å²) in [6.07, 6.45) is 4.58. The third kappa shape index (κ3) is 3.75. The van der Waals surface area contributed by atoms with Gasteiger partial charge in [-0.25, -0.2) is 0 Å². The highest BCUT2D eigenvalue weighted by Gasteiger charge is 2.18. The van der Waals surface area contributed by atoms with Gasteiger partial charge in [0.15, 0.2) is 0 Å². The largest absolute Gasteiger partial charge is 0.328 e. The number of nitrogens with two attached hydrogens (primary N) is 1. The molecule has 1 saturated carbocycles. The lowest BCUT2D eigenvalue weighted by molar-refractivity contribution is 0.337. The quantitative estimate of drug-likeness (QED) is 0.683. The van der Waals surface area contributed by atoms with Gasteiger partial charge in [0.05, 0.1) is 12.0 Å². The molecule has 0 radical (unpaired) electrons. The van der Waals surface area contributed by atoms with Gasteiger partial charge in [-0.3, -0.25) is 0 Å². The first-order valence-electron chi connectivity index (χ1n) is 5.11. The molecule has 13 heavy (non-hydrogen) atoms. The van der Waals surface area contributed by atoms with E-state index in [1.165, 1.54) is 12.8 Å². The van der Waals surface area contributed by atoms with E-state index in [1.54, 1.807) is 0 Å². The summed E-state index contributed by atoms with van der Waals surface area (Å²) in [4.78, 5) is 0. The summed E-state index contributed by atoms with van der Waals surface area (Å²) < 4.78 is 0. The van der Waals surface area contributed by atoms with Crippen molar-refractivity contribution in [1.29, 1.82) is 5.26 Å². The Balaban J connectivity index is 2.13. The average molecular weight is 181 g/mol. The summed E-state index contributed by atoms with van der Waals surface area (Å²) in [5.74, 6) is 0.121. The highest BCUT2D eigenvalue weighted by molar-refractivity contribution is 4.84. The third-order valence-electron chi connectivity index (χ3n) is 2.70. The zero-order valence-electron chi connectivity index (χ0n) is 8.29. The molecule has 3 nitrogen and oxygen atoms in total. The van der Waals surface area contributed by atoms with Crippen LogP contribution in [0.2, 0.25) is 0 Å². The van der Waals surface area contributed by atoms with Crippen molar-refractivity contribution in [3.05, 3.63) is 0 Å². The topological polar surface area (TPSA) is 61.8 Å². The fraction of sp³-hybridized carbons (Fsp3) is 0.900. The zero-order chi connectivity index (χ0) is 9.68. The van der Waals surface area contributed by atoms with Crippen LogP contribution in [0.3, 0.4) is 0 Å². The Morgan fingerprint density at radius 2 is 2.08 bits per heavy atom. The smallest absolute Gasteiger partial charge is 0.0666 e. The Labute approximate surface area is 80.3 Å². The van der Waals surface area contributed by atoms with Crippen molar-refractivity contribution in [2.24, 2.45) is 11.7 Å². The van der Waals surface area contributed by atoms with Crippen LogP contribution in [0.25, 0.3) is 0 Å². The summed E-state index contributed by atoms with van der Waals surface area (Å²) in [7, 11) is 0. The Morgan fingerprint density at radius 1 is 1.46 bits per heavy atom. The van der Waals surface area contributed by atoms with E-state index in [4.69, 9.17) is 11.0 Å². The van der Waals surface area contributed by atoms with Crippen molar-refractivity contribution in [3.63, 3.8) is 0 Å². The molecule has 0 spiro atoms. The van der Waals surface area contributed by atoms with Crippen molar-refractivity contribution in [2.45, 2.75) is 44.7 Å². The Kier molecular flexibility index (Phi) is 4.20. The fourth-order valence-electron chi connectivity index (χ4n) is 1.71. The molecule has 0 saturated heterocycles. The molecule has 0 aromatic heterocycles. The standard InChI is InChI=1S/C10H19N3/c1-8(6-11)7-13-10-4-2-9(12)3-5-10/h8-10,13H,2-5,7,12H2,1H3. The number of hydrogen-bond donors (Lipinski definition) is 2. The molecule has 74 valence electrons. The molecule has 1 fully saturated rings. The lowest BCUT2D eigenvalue weighted by Crippen LogP contribution is -2.38. The Morgan fingerprint density at radius 3 is 2.62 bits per heavy atom. The van der Waals surface area contributed by atoms with Crippen molar-refractivity contribution in [3.8, 4) is 6.07 Å². The predicted molar refractivity (Wildman–Crippen MR) is 53.0 cm³/mol. The van der Waals surface area contributed by atoms with Crippen molar-refractivity contribution in [1.82, 2.24) is 5.32 Å². The molecule has 0 amide bonds. The van der Waals surface area contributed by atoms with Gasteiger partial charge in [-0.1, -0.05) is 0 Å². The van der Waals surface area contributed by atoms with Crippen LogP contribution in [0, 0.1) is 17.2 Å². The van der Waals surface area contributed by atoms with Crippen LogP contribution in [-0.2, 0) is 0 Å². The molecular weight excluding hydrogens is 162 g/mol. The van der Waals surface area contributed by atoms with Crippen LogP contribution in [0.4, 0.5) is 0 Å². The minimum Gasteiger partial charge on any atom is -0.328 e. The van der Waals surface area contributed by atoms with E-state index in [2.05, 4.69) is 11.4 Å². The second kappa shape index (κ2) is 5.21. The summed E-state index contributed by atoms with van der Waals surface area (Å²) in [5, 5.41) is 12.0. The zero-order valence-corrected chi connectivity index (χ0v) is 8.29. The van der Waals surface area contributed by atoms with Crippen molar-refractivity contribution in [2.75, 3.05) is 6.54 Å².